The highest BCUT2D eigenvalue weighted by atomic mass is 32.2. The van der Waals surface area contributed by atoms with Crippen molar-refractivity contribution in [2.75, 3.05) is 25.6 Å². The van der Waals surface area contributed by atoms with E-state index in [2.05, 4.69) is 19.1 Å². The topological polar surface area (TPSA) is 72.8 Å². The van der Waals surface area contributed by atoms with Crippen LogP contribution in [0.2, 0.25) is 0 Å². The summed E-state index contributed by atoms with van der Waals surface area (Å²) in [5, 5.41) is 0. The molecular formula is C15H24O5S. The fraction of sp³-hybridized carbons (Fsp3) is 0.600. The maximum atomic E-state index is 10.5. The van der Waals surface area contributed by atoms with Gasteiger partial charge in [0.15, 0.2) is 0 Å². The van der Waals surface area contributed by atoms with Gasteiger partial charge in [-0.3, -0.25) is 4.55 Å². The molecule has 0 aromatic heterocycles. The van der Waals surface area contributed by atoms with Gasteiger partial charge in [0, 0.05) is 6.61 Å². The number of hydrogen-bond donors (Lipinski definition) is 1. The van der Waals surface area contributed by atoms with E-state index in [4.69, 9.17) is 14.0 Å². The summed E-state index contributed by atoms with van der Waals surface area (Å²) in [5.74, 6) is 0.532. The first kappa shape index (κ1) is 17.9. The largest absolute Gasteiger partial charge is 0.491 e. The Hall–Kier alpha value is -1.11. The van der Waals surface area contributed by atoms with Crippen LogP contribution in [0.15, 0.2) is 24.3 Å². The first-order valence-corrected chi connectivity index (χ1v) is 8.87. The third-order valence-electron chi connectivity index (χ3n) is 2.93. The highest BCUT2D eigenvalue weighted by Gasteiger charge is 2.03. The van der Waals surface area contributed by atoms with Crippen molar-refractivity contribution in [2.24, 2.45) is 0 Å². The predicted molar refractivity (Wildman–Crippen MR) is 82.4 cm³/mol. The molecule has 0 unspecified atom stereocenters. The van der Waals surface area contributed by atoms with Crippen LogP contribution in [-0.4, -0.2) is 38.5 Å². The lowest BCUT2D eigenvalue weighted by Crippen LogP contribution is -2.11. The zero-order valence-electron chi connectivity index (χ0n) is 12.5. The van der Waals surface area contributed by atoms with E-state index in [1.165, 1.54) is 18.4 Å². The number of unbranched alkanes of at least 4 members (excludes halogenated alkanes) is 1. The summed E-state index contributed by atoms with van der Waals surface area (Å²) < 4.78 is 40.2. The van der Waals surface area contributed by atoms with Crippen LogP contribution in [0.4, 0.5) is 0 Å². The average Bonchev–Trinajstić information content (AvgIpc) is 2.44. The van der Waals surface area contributed by atoms with Crippen LogP contribution in [0, 0.1) is 0 Å². The van der Waals surface area contributed by atoms with Crippen LogP contribution in [0.5, 0.6) is 5.75 Å². The second-order valence-electron chi connectivity index (χ2n) is 4.85. The van der Waals surface area contributed by atoms with Gasteiger partial charge in [0.2, 0.25) is 0 Å². The lowest BCUT2D eigenvalue weighted by molar-refractivity contribution is 0.101. The molecule has 120 valence electrons. The molecule has 21 heavy (non-hydrogen) atoms. The maximum absolute atomic E-state index is 10.5. The second kappa shape index (κ2) is 9.76. The Kier molecular flexibility index (Phi) is 8.34. The molecule has 0 fully saturated rings. The summed E-state index contributed by atoms with van der Waals surface area (Å²) in [6, 6.07) is 8.03. The molecule has 0 atom stereocenters. The SMILES string of the molecule is CCCCc1ccc(OCCOCCCS(=O)(=O)O)cc1. The summed E-state index contributed by atoms with van der Waals surface area (Å²) in [5.41, 5.74) is 1.31. The summed E-state index contributed by atoms with van der Waals surface area (Å²) in [4.78, 5) is 0. The molecule has 0 spiro atoms. The molecule has 6 heteroatoms. The summed E-state index contributed by atoms with van der Waals surface area (Å²) in [6.45, 7) is 3.27. The normalized spacial score (nSPS) is 11.5. The Bertz CT molecular complexity index is 481. The van der Waals surface area contributed by atoms with Crippen molar-refractivity contribution >= 4 is 10.1 Å². The Labute approximate surface area is 127 Å². The van der Waals surface area contributed by atoms with Crippen molar-refractivity contribution in [3.63, 3.8) is 0 Å². The third kappa shape index (κ3) is 9.44. The molecule has 0 bridgehead atoms. The van der Waals surface area contributed by atoms with E-state index in [9.17, 15) is 8.42 Å². The van der Waals surface area contributed by atoms with Gasteiger partial charge < -0.3 is 9.47 Å². The second-order valence-corrected chi connectivity index (χ2v) is 6.42. The number of ether oxygens (including phenoxy) is 2. The number of aryl methyl sites for hydroxylation is 1. The van der Waals surface area contributed by atoms with Crippen molar-refractivity contribution in [1.82, 2.24) is 0 Å². The van der Waals surface area contributed by atoms with Crippen molar-refractivity contribution in [3.05, 3.63) is 29.8 Å². The highest BCUT2D eigenvalue weighted by Crippen LogP contribution is 2.13. The minimum Gasteiger partial charge on any atom is -0.491 e. The Morgan fingerprint density at radius 1 is 1.05 bits per heavy atom. The van der Waals surface area contributed by atoms with Crippen LogP contribution < -0.4 is 4.74 Å². The standard InChI is InChI=1S/C15H24O5S/c1-2-3-5-14-6-8-15(9-7-14)20-12-11-19-10-4-13-21(16,17)18/h6-9H,2-5,10-13H2,1H3,(H,16,17,18). The number of benzene rings is 1. The van der Waals surface area contributed by atoms with E-state index in [1.807, 2.05) is 12.1 Å². The monoisotopic (exact) mass is 316 g/mol. The molecule has 0 heterocycles. The zero-order valence-corrected chi connectivity index (χ0v) is 13.3. The van der Waals surface area contributed by atoms with Crippen LogP contribution >= 0.6 is 0 Å². The lowest BCUT2D eigenvalue weighted by atomic mass is 10.1. The Morgan fingerprint density at radius 3 is 2.38 bits per heavy atom. The van der Waals surface area contributed by atoms with Gasteiger partial charge in [0.05, 0.1) is 12.4 Å². The number of rotatable bonds is 11. The van der Waals surface area contributed by atoms with Crippen LogP contribution in [0.1, 0.15) is 31.7 Å². The molecular weight excluding hydrogens is 292 g/mol. The molecule has 0 radical (unpaired) electrons. The van der Waals surface area contributed by atoms with Crippen molar-refractivity contribution in [3.8, 4) is 5.75 Å². The van der Waals surface area contributed by atoms with Gasteiger partial charge in [-0.2, -0.15) is 8.42 Å². The lowest BCUT2D eigenvalue weighted by Gasteiger charge is -2.08. The number of hydrogen-bond acceptors (Lipinski definition) is 4. The highest BCUT2D eigenvalue weighted by molar-refractivity contribution is 7.85. The van der Waals surface area contributed by atoms with E-state index in [0.717, 1.165) is 12.2 Å². The first-order valence-electron chi connectivity index (χ1n) is 7.26. The van der Waals surface area contributed by atoms with Crippen molar-refractivity contribution in [1.29, 1.82) is 0 Å². The Morgan fingerprint density at radius 2 is 1.76 bits per heavy atom. The maximum Gasteiger partial charge on any atom is 0.264 e. The first-order chi connectivity index (χ1) is 10.0. The summed E-state index contributed by atoms with van der Waals surface area (Å²) in [7, 11) is -3.88. The molecule has 1 aromatic rings. The van der Waals surface area contributed by atoms with Gasteiger partial charge in [0.25, 0.3) is 10.1 Å². The van der Waals surface area contributed by atoms with Gasteiger partial charge in [-0.15, -0.1) is 0 Å². The van der Waals surface area contributed by atoms with Gasteiger partial charge in [-0.05, 0) is 37.0 Å². The summed E-state index contributed by atoms with van der Waals surface area (Å²) >= 11 is 0. The average molecular weight is 316 g/mol. The van der Waals surface area contributed by atoms with E-state index in [1.54, 1.807) is 0 Å². The minimum absolute atomic E-state index is 0.271. The summed E-state index contributed by atoms with van der Waals surface area (Å²) in [6.07, 6.45) is 3.75. The molecule has 1 N–H and O–H groups in total. The van der Waals surface area contributed by atoms with Crippen LogP contribution in [-0.2, 0) is 21.3 Å². The van der Waals surface area contributed by atoms with E-state index in [0.29, 0.717) is 19.8 Å². The minimum atomic E-state index is -3.88. The van der Waals surface area contributed by atoms with Gasteiger partial charge in [-0.1, -0.05) is 25.5 Å². The molecule has 0 saturated heterocycles. The molecule has 5 nitrogen and oxygen atoms in total. The predicted octanol–water partition coefficient (Wildman–Crippen LogP) is 2.70. The molecule has 0 aliphatic carbocycles. The van der Waals surface area contributed by atoms with Gasteiger partial charge in [0.1, 0.15) is 12.4 Å². The Balaban J connectivity index is 2.10. The molecule has 0 saturated carbocycles. The molecule has 1 aromatic carbocycles. The molecule has 0 aliphatic heterocycles. The molecule has 1 rings (SSSR count). The zero-order chi connectivity index (χ0) is 15.6. The fourth-order valence-corrected chi connectivity index (χ4v) is 2.28. The molecule has 0 amide bonds. The van der Waals surface area contributed by atoms with Crippen molar-refractivity contribution in [2.45, 2.75) is 32.6 Å². The van der Waals surface area contributed by atoms with E-state index >= 15 is 0 Å². The van der Waals surface area contributed by atoms with E-state index in [-0.39, 0.29) is 12.2 Å². The quantitative estimate of drug-likeness (QED) is 0.502. The fourth-order valence-electron chi connectivity index (χ4n) is 1.80. The van der Waals surface area contributed by atoms with Crippen LogP contribution in [0.25, 0.3) is 0 Å². The van der Waals surface area contributed by atoms with Gasteiger partial charge in [-0.25, -0.2) is 0 Å². The van der Waals surface area contributed by atoms with E-state index < -0.39 is 10.1 Å². The van der Waals surface area contributed by atoms with Gasteiger partial charge >= 0.3 is 0 Å². The smallest absolute Gasteiger partial charge is 0.264 e. The molecule has 0 aliphatic rings. The van der Waals surface area contributed by atoms with Crippen LogP contribution in [0.3, 0.4) is 0 Å². The van der Waals surface area contributed by atoms with Crippen molar-refractivity contribution < 1.29 is 22.4 Å². The third-order valence-corrected chi connectivity index (χ3v) is 3.73.